The lowest BCUT2D eigenvalue weighted by Crippen LogP contribution is -1.98. The number of ether oxygens (including phenoxy) is 4. The zero-order valence-corrected chi connectivity index (χ0v) is 15.5. The Morgan fingerprint density at radius 1 is 0.607 bits per heavy atom. The molecule has 2 aromatic rings. The molecule has 0 spiro atoms. The van der Waals surface area contributed by atoms with Gasteiger partial charge in [0, 0.05) is 0 Å². The third-order valence-corrected chi connectivity index (χ3v) is 3.45. The molecule has 10 nitrogen and oxygen atoms in total. The molecule has 0 saturated heterocycles. The number of hydrogen-bond donors (Lipinski definition) is 4. The highest BCUT2D eigenvalue weighted by Crippen LogP contribution is 2.37. The molecule has 0 aliphatic rings. The molecule has 0 aromatic heterocycles. The summed E-state index contributed by atoms with van der Waals surface area (Å²) >= 11 is 0. The molecule has 152 valence electrons. The van der Waals surface area contributed by atoms with Crippen molar-refractivity contribution in [1.29, 1.82) is 0 Å². The van der Waals surface area contributed by atoms with Gasteiger partial charge in [0.25, 0.3) is 0 Å². The summed E-state index contributed by atoms with van der Waals surface area (Å²) in [4.78, 5) is 21.3. The van der Waals surface area contributed by atoms with Crippen LogP contribution in [0.25, 0.3) is 0 Å². The number of aromatic hydroxyl groups is 2. The number of carbonyl (C=O) groups is 2. The molecule has 0 atom stereocenters. The Hall–Kier alpha value is -3.82. The van der Waals surface area contributed by atoms with Crippen molar-refractivity contribution in [2.45, 2.75) is 0 Å². The van der Waals surface area contributed by atoms with Gasteiger partial charge in [0.1, 0.15) is 0 Å². The van der Waals surface area contributed by atoms with Gasteiger partial charge >= 0.3 is 11.9 Å². The van der Waals surface area contributed by atoms with E-state index in [0.717, 1.165) is 0 Å². The first-order valence-electron chi connectivity index (χ1n) is 7.56. The number of phenolic OH excluding ortho intramolecular Hbond substituents is 2. The second kappa shape index (κ2) is 9.76. The zero-order valence-electron chi connectivity index (χ0n) is 15.5. The normalized spacial score (nSPS) is 9.57. The van der Waals surface area contributed by atoms with E-state index in [1.165, 1.54) is 52.7 Å². The van der Waals surface area contributed by atoms with Crippen LogP contribution in [0.2, 0.25) is 0 Å². The highest BCUT2D eigenvalue weighted by molar-refractivity contribution is 5.90. The maximum absolute atomic E-state index is 10.7. The maximum atomic E-state index is 10.7. The highest BCUT2D eigenvalue weighted by Gasteiger charge is 2.15. The van der Waals surface area contributed by atoms with Gasteiger partial charge in [-0.1, -0.05) is 0 Å². The zero-order chi connectivity index (χ0) is 21.4. The molecule has 0 fully saturated rings. The topological polar surface area (TPSA) is 152 Å². The molecule has 2 rings (SSSR count). The third kappa shape index (κ3) is 5.10. The number of rotatable bonds is 6. The monoisotopic (exact) mass is 396 g/mol. The molecule has 28 heavy (non-hydrogen) atoms. The highest BCUT2D eigenvalue weighted by atomic mass is 16.5. The SMILES string of the molecule is COc1cc(C(=O)O)cc(OC)c1O.COc1cc(C(=O)O)cc(OC)c1O. The van der Waals surface area contributed by atoms with Crippen molar-refractivity contribution in [1.82, 2.24) is 0 Å². The summed E-state index contributed by atoms with van der Waals surface area (Å²) in [6.07, 6.45) is 0. The van der Waals surface area contributed by atoms with Gasteiger partial charge in [0.2, 0.25) is 11.5 Å². The van der Waals surface area contributed by atoms with Crippen LogP contribution in [0.1, 0.15) is 20.7 Å². The first-order valence-corrected chi connectivity index (χ1v) is 7.56. The lowest BCUT2D eigenvalue weighted by molar-refractivity contribution is 0.0685. The second-order valence-electron chi connectivity index (χ2n) is 5.07. The van der Waals surface area contributed by atoms with Crippen LogP contribution < -0.4 is 18.9 Å². The summed E-state index contributed by atoms with van der Waals surface area (Å²) in [5.74, 6) is -2.35. The second-order valence-corrected chi connectivity index (χ2v) is 5.07. The van der Waals surface area contributed by atoms with Crippen molar-refractivity contribution < 1.29 is 49.0 Å². The molecule has 0 saturated carbocycles. The number of hydrogen-bond acceptors (Lipinski definition) is 8. The van der Waals surface area contributed by atoms with Gasteiger partial charge in [-0.3, -0.25) is 0 Å². The molecular formula is C18H20O10. The van der Waals surface area contributed by atoms with Crippen LogP contribution in [0, 0.1) is 0 Å². The van der Waals surface area contributed by atoms with Crippen LogP contribution in [-0.4, -0.2) is 60.8 Å². The van der Waals surface area contributed by atoms with Crippen LogP contribution in [0.3, 0.4) is 0 Å². The fourth-order valence-electron chi connectivity index (χ4n) is 2.03. The van der Waals surface area contributed by atoms with Gasteiger partial charge in [-0.25, -0.2) is 9.59 Å². The predicted octanol–water partition coefficient (Wildman–Crippen LogP) is 2.22. The third-order valence-electron chi connectivity index (χ3n) is 3.45. The van der Waals surface area contributed by atoms with Crippen LogP contribution in [0.5, 0.6) is 34.5 Å². The van der Waals surface area contributed by atoms with Crippen molar-refractivity contribution in [2.75, 3.05) is 28.4 Å². The van der Waals surface area contributed by atoms with Gasteiger partial charge in [-0.15, -0.1) is 0 Å². The van der Waals surface area contributed by atoms with E-state index in [-0.39, 0.29) is 45.6 Å². The van der Waals surface area contributed by atoms with Crippen molar-refractivity contribution in [2.24, 2.45) is 0 Å². The summed E-state index contributed by atoms with van der Waals surface area (Å²) in [5.41, 5.74) is -0.00648. The lowest BCUT2D eigenvalue weighted by Gasteiger charge is -2.08. The summed E-state index contributed by atoms with van der Waals surface area (Å²) in [6, 6.07) is 4.89. The Labute approximate surface area is 160 Å². The van der Waals surface area contributed by atoms with Crippen molar-refractivity contribution in [3.05, 3.63) is 35.4 Å². The van der Waals surface area contributed by atoms with E-state index >= 15 is 0 Å². The Balaban J connectivity index is 0.000000280. The van der Waals surface area contributed by atoms with Crippen LogP contribution in [0.4, 0.5) is 0 Å². The molecule has 0 aliphatic heterocycles. The molecule has 2 aromatic carbocycles. The number of aromatic carboxylic acids is 2. The average molecular weight is 396 g/mol. The first-order chi connectivity index (χ1) is 13.2. The van der Waals surface area contributed by atoms with E-state index in [1.807, 2.05) is 0 Å². The van der Waals surface area contributed by atoms with Crippen molar-refractivity contribution in [3.63, 3.8) is 0 Å². The van der Waals surface area contributed by atoms with Gasteiger partial charge in [0.15, 0.2) is 23.0 Å². The Morgan fingerprint density at radius 2 is 0.821 bits per heavy atom. The van der Waals surface area contributed by atoms with Crippen LogP contribution >= 0.6 is 0 Å². The molecule has 0 aliphatic carbocycles. The minimum Gasteiger partial charge on any atom is -0.502 e. The first kappa shape index (κ1) is 22.2. The van der Waals surface area contributed by atoms with E-state index in [4.69, 9.17) is 29.2 Å². The average Bonchev–Trinajstić information content (AvgIpc) is 2.68. The molecule has 0 radical (unpaired) electrons. The molecule has 0 heterocycles. The maximum Gasteiger partial charge on any atom is 0.335 e. The van der Waals surface area contributed by atoms with E-state index in [9.17, 15) is 19.8 Å². The molecule has 4 N–H and O–H groups in total. The summed E-state index contributed by atoms with van der Waals surface area (Å²) in [5, 5.41) is 36.3. The largest absolute Gasteiger partial charge is 0.502 e. The van der Waals surface area contributed by atoms with Gasteiger partial charge in [0.05, 0.1) is 39.6 Å². The number of phenols is 2. The number of carboxylic acid groups (broad SMARTS) is 2. The molecule has 10 heteroatoms. The molecule has 0 unspecified atom stereocenters. The van der Waals surface area contributed by atoms with Gasteiger partial charge in [-0.2, -0.15) is 0 Å². The predicted molar refractivity (Wildman–Crippen MR) is 96.3 cm³/mol. The Bertz CT molecular complexity index is 738. The van der Waals surface area contributed by atoms with E-state index in [2.05, 4.69) is 0 Å². The Kier molecular flexibility index (Phi) is 7.75. The molecule has 0 bridgehead atoms. The van der Waals surface area contributed by atoms with E-state index in [0.29, 0.717) is 0 Å². The minimum absolute atomic E-state index is 0.00324. The standard InChI is InChI=1S/2C9H10O5/c2*1-13-6-3-5(9(11)12)4-7(14-2)8(6)10/h2*3-4,10H,1-2H3,(H,11,12). The number of carboxylic acids is 2. The summed E-state index contributed by atoms with van der Waals surface area (Å²) in [7, 11) is 5.33. The fraction of sp³-hybridized carbons (Fsp3) is 0.222. The fourth-order valence-corrected chi connectivity index (χ4v) is 2.03. The summed E-state index contributed by atoms with van der Waals surface area (Å²) < 4.78 is 19.1. The lowest BCUT2D eigenvalue weighted by atomic mass is 10.2. The van der Waals surface area contributed by atoms with Crippen LogP contribution in [-0.2, 0) is 0 Å². The molecular weight excluding hydrogens is 376 g/mol. The summed E-state index contributed by atoms with van der Waals surface area (Å²) in [6.45, 7) is 0. The number of methoxy groups -OCH3 is 4. The Morgan fingerprint density at radius 3 is 0.964 bits per heavy atom. The van der Waals surface area contributed by atoms with Crippen molar-refractivity contribution >= 4 is 11.9 Å². The number of benzene rings is 2. The minimum atomic E-state index is -1.11. The van der Waals surface area contributed by atoms with E-state index in [1.54, 1.807) is 0 Å². The molecule has 0 amide bonds. The van der Waals surface area contributed by atoms with Gasteiger partial charge in [-0.05, 0) is 24.3 Å². The van der Waals surface area contributed by atoms with E-state index < -0.39 is 11.9 Å². The quantitative estimate of drug-likeness (QED) is 0.572. The van der Waals surface area contributed by atoms with Crippen LogP contribution in [0.15, 0.2) is 24.3 Å². The smallest absolute Gasteiger partial charge is 0.335 e. The van der Waals surface area contributed by atoms with Crippen molar-refractivity contribution in [3.8, 4) is 34.5 Å². The van der Waals surface area contributed by atoms with Gasteiger partial charge < -0.3 is 39.4 Å².